The molecule has 17 heavy (non-hydrogen) atoms. The van der Waals surface area contributed by atoms with E-state index >= 15 is 0 Å². The van der Waals surface area contributed by atoms with Gasteiger partial charge in [0.15, 0.2) is 0 Å². The fourth-order valence-corrected chi connectivity index (χ4v) is 2.97. The van der Waals surface area contributed by atoms with Gasteiger partial charge in [-0.1, -0.05) is 60.7 Å². The summed E-state index contributed by atoms with van der Waals surface area (Å²) in [5.41, 5.74) is 1.26. The molecule has 0 radical (unpaired) electrons. The highest BCUT2D eigenvalue weighted by Crippen LogP contribution is 2.31. The molecule has 2 N–H and O–H groups in total. The molecule has 3 nitrogen and oxygen atoms in total. The molecule has 4 heteroatoms. The van der Waals surface area contributed by atoms with E-state index in [-0.39, 0.29) is 0 Å². The second-order valence-corrected chi connectivity index (χ2v) is 5.51. The van der Waals surface area contributed by atoms with Gasteiger partial charge in [0, 0.05) is 0 Å². The van der Waals surface area contributed by atoms with Crippen molar-refractivity contribution >= 4 is 10.5 Å². The van der Waals surface area contributed by atoms with Crippen LogP contribution >= 0.6 is 0 Å². The summed E-state index contributed by atoms with van der Waals surface area (Å²) in [6.45, 7) is 0. The lowest BCUT2D eigenvalue weighted by Crippen LogP contribution is -2.20. The van der Waals surface area contributed by atoms with Crippen LogP contribution in [0, 0.1) is 0 Å². The van der Waals surface area contributed by atoms with Crippen LogP contribution in [0.25, 0.3) is 0 Å². The average molecular weight is 250 g/mol. The third kappa shape index (κ3) is 2.79. The maximum Gasteiger partial charge on any atom is 0.105 e. The molecule has 2 rings (SSSR count). The molecule has 0 aliphatic rings. The van der Waals surface area contributed by atoms with Crippen LogP contribution in [0.4, 0.5) is 0 Å². The first-order chi connectivity index (χ1) is 8.09. The molecule has 0 unspecified atom stereocenters. The van der Waals surface area contributed by atoms with E-state index in [1.165, 1.54) is 0 Å². The van der Waals surface area contributed by atoms with Gasteiger partial charge < -0.3 is 9.11 Å². The van der Waals surface area contributed by atoms with Crippen LogP contribution in [0.2, 0.25) is 0 Å². The zero-order chi connectivity index (χ0) is 12.3. The lowest BCUT2D eigenvalue weighted by Gasteiger charge is -2.24. The Labute approximate surface area is 101 Å². The molecule has 0 saturated carbocycles. The van der Waals surface area contributed by atoms with Crippen LogP contribution < -0.4 is 0 Å². The number of benzene rings is 2. The summed E-state index contributed by atoms with van der Waals surface area (Å²) in [5.74, 6) is 0. The van der Waals surface area contributed by atoms with Gasteiger partial charge in [-0.2, -0.15) is 0 Å². The van der Waals surface area contributed by atoms with Crippen LogP contribution in [0.1, 0.15) is 16.4 Å². The highest BCUT2D eigenvalue weighted by atomic mass is 32.3. The maximum absolute atomic E-state index is 11.6. The Hall–Kier alpha value is -1.49. The highest BCUT2D eigenvalue weighted by Gasteiger charge is 2.25. The van der Waals surface area contributed by atoms with Gasteiger partial charge in [-0.05, 0) is 11.1 Å². The van der Waals surface area contributed by atoms with Crippen molar-refractivity contribution in [2.75, 3.05) is 0 Å². The van der Waals surface area contributed by atoms with Crippen molar-refractivity contribution in [2.45, 2.75) is 5.25 Å². The van der Waals surface area contributed by atoms with Crippen LogP contribution in [0.3, 0.4) is 0 Å². The maximum atomic E-state index is 11.6. The molecule has 0 amide bonds. The molecular formula is C13H14O3S. The monoisotopic (exact) mass is 250 g/mol. The first kappa shape index (κ1) is 12.0. The molecule has 0 spiro atoms. The van der Waals surface area contributed by atoms with Gasteiger partial charge in [0.2, 0.25) is 0 Å². The Morgan fingerprint density at radius 3 is 1.41 bits per heavy atom. The minimum absolute atomic E-state index is 0.632. The number of hydrogen-bond acceptors (Lipinski definition) is 1. The van der Waals surface area contributed by atoms with Crippen LogP contribution in [-0.2, 0) is 10.5 Å². The van der Waals surface area contributed by atoms with Crippen molar-refractivity contribution in [3.05, 3.63) is 71.8 Å². The zero-order valence-corrected chi connectivity index (χ0v) is 10.00. The second kappa shape index (κ2) is 4.79. The van der Waals surface area contributed by atoms with Crippen LogP contribution in [-0.4, -0.2) is 13.3 Å². The van der Waals surface area contributed by atoms with Gasteiger partial charge in [-0.25, -0.2) is 4.21 Å². The normalized spacial score (nSPS) is 12.6. The molecule has 0 bridgehead atoms. The number of hydrogen-bond donors (Lipinski definition) is 3. The van der Waals surface area contributed by atoms with Crippen molar-refractivity contribution in [2.24, 2.45) is 0 Å². The third-order valence-corrected chi connectivity index (χ3v) is 3.84. The predicted molar refractivity (Wildman–Crippen MR) is 69.5 cm³/mol. The Morgan fingerprint density at radius 1 is 0.765 bits per heavy atom. The Morgan fingerprint density at radius 2 is 1.12 bits per heavy atom. The van der Waals surface area contributed by atoms with Crippen molar-refractivity contribution in [1.82, 2.24) is 0 Å². The first-order valence-electron chi connectivity index (χ1n) is 5.24. The number of rotatable bonds is 3. The fraction of sp³-hybridized carbons (Fsp3) is 0.0769. The molecule has 0 heterocycles. The van der Waals surface area contributed by atoms with Crippen molar-refractivity contribution in [3.8, 4) is 0 Å². The molecule has 90 valence electrons. The van der Waals surface area contributed by atoms with Gasteiger partial charge in [0.25, 0.3) is 0 Å². The SMILES string of the molecule is O=[SH](O)(O)C(c1ccccc1)c1ccccc1. The van der Waals surface area contributed by atoms with E-state index in [0.29, 0.717) is 11.1 Å². The summed E-state index contributed by atoms with van der Waals surface area (Å²) in [6, 6.07) is 17.7. The summed E-state index contributed by atoms with van der Waals surface area (Å²) in [7, 11) is -4.22. The highest BCUT2D eigenvalue weighted by molar-refractivity contribution is 7.92. The van der Waals surface area contributed by atoms with E-state index in [0.717, 1.165) is 0 Å². The van der Waals surface area contributed by atoms with Gasteiger partial charge in [-0.15, -0.1) is 0 Å². The lowest BCUT2D eigenvalue weighted by atomic mass is 10.0. The van der Waals surface area contributed by atoms with E-state index in [9.17, 15) is 13.3 Å². The predicted octanol–water partition coefficient (Wildman–Crippen LogP) is 2.74. The van der Waals surface area contributed by atoms with E-state index in [1.807, 2.05) is 12.1 Å². The summed E-state index contributed by atoms with van der Waals surface area (Å²) in [6.07, 6.45) is 0. The van der Waals surface area contributed by atoms with Crippen molar-refractivity contribution in [1.29, 1.82) is 0 Å². The Bertz CT molecular complexity index is 479. The first-order valence-corrected chi connectivity index (χ1v) is 6.92. The van der Waals surface area contributed by atoms with Crippen LogP contribution in [0.15, 0.2) is 60.7 Å². The summed E-state index contributed by atoms with van der Waals surface area (Å²) in [5, 5.41) is -0.884. The summed E-state index contributed by atoms with van der Waals surface area (Å²) >= 11 is 0. The van der Waals surface area contributed by atoms with Crippen molar-refractivity contribution in [3.63, 3.8) is 0 Å². The second-order valence-electron chi connectivity index (χ2n) is 3.81. The van der Waals surface area contributed by atoms with Gasteiger partial charge >= 0.3 is 0 Å². The fourth-order valence-electron chi connectivity index (χ4n) is 1.85. The lowest BCUT2D eigenvalue weighted by molar-refractivity contribution is 0.415. The Kier molecular flexibility index (Phi) is 3.38. The van der Waals surface area contributed by atoms with E-state index in [2.05, 4.69) is 0 Å². The topological polar surface area (TPSA) is 57.5 Å². The molecule has 0 aromatic heterocycles. The van der Waals surface area contributed by atoms with E-state index in [4.69, 9.17) is 0 Å². The number of thiol groups is 1. The molecule has 0 atom stereocenters. The third-order valence-electron chi connectivity index (χ3n) is 2.57. The zero-order valence-electron chi connectivity index (χ0n) is 9.10. The standard InChI is InChI=1S/C13H14O3S/c14-17(15,16)13(11-7-3-1-4-8-11)12-9-5-2-6-10-12/h1-10,13,17H,(H2,14,15,16). The molecule has 0 aliphatic heterocycles. The largest absolute Gasteiger partial charge is 0.309 e. The van der Waals surface area contributed by atoms with Gasteiger partial charge in [0.05, 0.1) is 10.5 Å². The molecule has 2 aromatic carbocycles. The van der Waals surface area contributed by atoms with Crippen LogP contribution in [0.5, 0.6) is 0 Å². The molecule has 2 aromatic rings. The summed E-state index contributed by atoms with van der Waals surface area (Å²) in [4.78, 5) is 0. The van der Waals surface area contributed by atoms with Crippen molar-refractivity contribution < 1.29 is 13.3 Å². The molecule has 0 saturated heterocycles. The summed E-state index contributed by atoms with van der Waals surface area (Å²) < 4.78 is 30.6. The van der Waals surface area contributed by atoms with Gasteiger partial charge in [0.1, 0.15) is 5.25 Å². The van der Waals surface area contributed by atoms with Gasteiger partial charge in [-0.3, -0.25) is 0 Å². The molecule has 0 fully saturated rings. The van der Waals surface area contributed by atoms with E-state index in [1.54, 1.807) is 48.5 Å². The molecule has 0 aliphatic carbocycles. The quantitative estimate of drug-likeness (QED) is 0.734. The average Bonchev–Trinajstić information content (AvgIpc) is 2.30. The van der Waals surface area contributed by atoms with E-state index < -0.39 is 15.7 Å². The minimum Gasteiger partial charge on any atom is -0.309 e. The minimum atomic E-state index is -4.22. The molecular weight excluding hydrogens is 236 g/mol. The smallest absolute Gasteiger partial charge is 0.105 e. The Balaban J connectivity index is 2.52.